The van der Waals surface area contributed by atoms with Crippen LogP contribution < -0.4 is 14.2 Å². The van der Waals surface area contributed by atoms with Crippen LogP contribution in [0.4, 0.5) is 0 Å². The summed E-state index contributed by atoms with van der Waals surface area (Å²) in [6, 6.07) is 5.63. The Hall–Kier alpha value is -2.43. The lowest BCUT2D eigenvalue weighted by atomic mass is 9.96. The molecule has 21 heavy (non-hydrogen) atoms. The number of methoxy groups -OCH3 is 3. The summed E-state index contributed by atoms with van der Waals surface area (Å²) in [7, 11) is 4.68. The van der Waals surface area contributed by atoms with Crippen LogP contribution in [0.3, 0.4) is 0 Å². The fourth-order valence-electron chi connectivity index (χ4n) is 2.90. The number of hydrogen-bond acceptors (Lipinski definition) is 4. The van der Waals surface area contributed by atoms with E-state index in [1.807, 2.05) is 19.1 Å². The molecule has 0 N–H and O–H groups in total. The molecule has 1 aliphatic rings. The van der Waals surface area contributed by atoms with Crippen LogP contribution >= 0.6 is 0 Å². The normalized spacial score (nSPS) is 12.7. The second-order valence-corrected chi connectivity index (χ2v) is 4.95. The van der Waals surface area contributed by atoms with Gasteiger partial charge in [-0.15, -0.1) is 0 Å². The van der Waals surface area contributed by atoms with Crippen molar-refractivity contribution in [1.82, 2.24) is 4.57 Å². The summed E-state index contributed by atoms with van der Waals surface area (Å²) >= 11 is 0. The van der Waals surface area contributed by atoms with Crippen molar-refractivity contribution in [3.63, 3.8) is 0 Å². The predicted molar refractivity (Wildman–Crippen MR) is 77.8 cm³/mol. The van der Waals surface area contributed by atoms with Gasteiger partial charge in [0.05, 0.1) is 26.9 Å². The highest BCUT2D eigenvalue weighted by Crippen LogP contribution is 2.44. The Labute approximate surface area is 123 Å². The third kappa shape index (κ3) is 1.81. The Morgan fingerprint density at radius 3 is 2.38 bits per heavy atom. The standard InChI is InChI=1S/C16H17NO4/c1-9-5-6-10-7-11-12(16(18)17(9)10)8-13(19-2)15(21-4)14(11)20-3/h5-6,8H,7H2,1-4H3. The minimum absolute atomic E-state index is 0.0620. The molecule has 0 atom stereocenters. The van der Waals surface area contributed by atoms with E-state index < -0.39 is 0 Å². The predicted octanol–water partition coefficient (Wildman–Crippen LogP) is 2.42. The quantitative estimate of drug-likeness (QED) is 0.742. The molecule has 2 heterocycles. The van der Waals surface area contributed by atoms with E-state index in [0.717, 1.165) is 17.0 Å². The molecule has 0 bridgehead atoms. The number of benzene rings is 1. The molecular weight excluding hydrogens is 270 g/mol. The molecule has 1 aromatic heterocycles. The summed E-state index contributed by atoms with van der Waals surface area (Å²) in [6.07, 6.45) is 0.623. The van der Waals surface area contributed by atoms with Gasteiger partial charge >= 0.3 is 0 Å². The van der Waals surface area contributed by atoms with Crippen molar-refractivity contribution in [3.05, 3.63) is 40.7 Å². The summed E-state index contributed by atoms with van der Waals surface area (Å²) < 4.78 is 17.9. The van der Waals surface area contributed by atoms with Gasteiger partial charge in [0, 0.05) is 23.4 Å². The van der Waals surface area contributed by atoms with Gasteiger partial charge in [-0.1, -0.05) is 0 Å². The van der Waals surface area contributed by atoms with E-state index in [1.54, 1.807) is 32.0 Å². The number of carbonyl (C=O) groups excluding carboxylic acids is 1. The van der Waals surface area contributed by atoms with Crippen molar-refractivity contribution < 1.29 is 19.0 Å². The zero-order valence-electron chi connectivity index (χ0n) is 12.5. The first-order chi connectivity index (χ1) is 10.1. The fourth-order valence-corrected chi connectivity index (χ4v) is 2.90. The van der Waals surface area contributed by atoms with Crippen molar-refractivity contribution in [3.8, 4) is 17.2 Å². The average molecular weight is 287 g/mol. The number of ether oxygens (including phenoxy) is 3. The van der Waals surface area contributed by atoms with E-state index in [4.69, 9.17) is 14.2 Å². The Balaban J connectivity index is 2.28. The van der Waals surface area contributed by atoms with Gasteiger partial charge in [0.25, 0.3) is 5.91 Å². The maximum absolute atomic E-state index is 12.7. The molecule has 5 heteroatoms. The first kappa shape index (κ1) is 13.5. The van der Waals surface area contributed by atoms with Gasteiger partial charge in [0.15, 0.2) is 11.5 Å². The SMILES string of the molecule is COc1cc2c(c(OC)c1OC)Cc1ccc(C)n1C2=O. The van der Waals surface area contributed by atoms with Crippen LogP contribution in [0.2, 0.25) is 0 Å². The van der Waals surface area contributed by atoms with Crippen molar-refractivity contribution >= 4 is 5.91 Å². The van der Waals surface area contributed by atoms with Crippen LogP contribution in [0.1, 0.15) is 27.3 Å². The number of aromatic nitrogens is 1. The van der Waals surface area contributed by atoms with E-state index in [-0.39, 0.29) is 5.91 Å². The molecule has 0 unspecified atom stereocenters. The highest BCUT2D eigenvalue weighted by molar-refractivity contribution is 6.01. The van der Waals surface area contributed by atoms with Crippen LogP contribution in [0.15, 0.2) is 18.2 Å². The second-order valence-electron chi connectivity index (χ2n) is 4.95. The molecule has 0 saturated heterocycles. The summed E-state index contributed by atoms with van der Waals surface area (Å²) in [6.45, 7) is 1.92. The Bertz CT molecular complexity index is 730. The molecule has 5 nitrogen and oxygen atoms in total. The number of nitrogens with zero attached hydrogens (tertiary/aromatic N) is 1. The first-order valence-corrected chi connectivity index (χ1v) is 6.66. The van der Waals surface area contributed by atoms with Crippen molar-refractivity contribution in [2.45, 2.75) is 13.3 Å². The topological polar surface area (TPSA) is 49.7 Å². The highest BCUT2D eigenvalue weighted by Gasteiger charge is 2.30. The number of hydrogen-bond donors (Lipinski definition) is 0. The number of carbonyl (C=O) groups is 1. The Morgan fingerprint density at radius 2 is 1.76 bits per heavy atom. The molecule has 0 spiro atoms. The molecule has 0 aliphatic carbocycles. The van der Waals surface area contributed by atoms with E-state index in [1.165, 1.54) is 0 Å². The van der Waals surface area contributed by atoms with Gasteiger partial charge in [-0.3, -0.25) is 9.36 Å². The van der Waals surface area contributed by atoms with E-state index in [0.29, 0.717) is 29.2 Å². The van der Waals surface area contributed by atoms with E-state index in [2.05, 4.69) is 0 Å². The maximum atomic E-state index is 12.7. The van der Waals surface area contributed by atoms with Gasteiger partial charge in [-0.25, -0.2) is 0 Å². The minimum Gasteiger partial charge on any atom is -0.493 e. The van der Waals surface area contributed by atoms with E-state index in [9.17, 15) is 4.79 Å². The zero-order valence-corrected chi connectivity index (χ0v) is 12.5. The molecule has 0 fully saturated rings. The second kappa shape index (κ2) is 4.84. The lowest BCUT2D eigenvalue weighted by molar-refractivity contribution is 0.0949. The van der Waals surface area contributed by atoms with Crippen molar-refractivity contribution in [2.24, 2.45) is 0 Å². The number of aryl methyl sites for hydroxylation is 1. The summed E-state index contributed by atoms with van der Waals surface area (Å²) in [5, 5.41) is 0. The Morgan fingerprint density at radius 1 is 1.05 bits per heavy atom. The smallest absolute Gasteiger partial charge is 0.262 e. The summed E-state index contributed by atoms with van der Waals surface area (Å²) in [4.78, 5) is 12.7. The number of fused-ring (bicyclic) bond motifs is 2. The van der Waals surface area contributed by atoms with Crippen LogP contribution in [-0.4, -0.2) is 31.8 Å². The molecule has 0 radical (unpaired) electrons. The molecular formula is C16H17NO4. The van der Waals surface area contributed by atoms with Gasteiger partial charge in [-0.2, -0.15) is 0 Å². The van der Waals surface area contributed by atoms with Gasteiger partial charge < -0.3 is 14.2 Å². The largest absolute Gasteiger partial charge is 0.493 e. The van der Waals surface area contributed by atoms with Crippen molar-refractivity contribution in [2.75, 3.05) is 21.3 Å². The molecule has 1 aromatic carbocycles. The fraction of sp³-hybridized carbons (Fsp3) is 0.312. The zero-order chi connectivity index (χ0) is 15.1. The average Bonchev–Trinajstić information content (AvgIpc) is 2.87. The molecule has 110 valence electrons. The van der Waals surface area contributed by atoms with Crippen LogP contribution in [0, 0.1) is 6.92 Å². The molecule has 0 amide bonds. The van der Waals surface area contributed by atoms with Crippen molar-refractivity contribution in [1.29, 1.82) is 0 Å². The van der Waals surface area contributed by atoms with Crippen LogP contribution in [0.25, 0.3) is 0 Å². The van der Waals surface area contributed by atoms with Crippen LogP contribution in [0.5, 0.6) is 17.2 Å². The monoisotopic (exact) mass is 287 g/mol. The van der Waals surface area contributed by atoms with Crippen LogP contribution in [-0.2, 0) is 6.42 Å². The summed E-state index contributed by atoms with van der Waals surface area (Å²) in [5.41, 5.74) is 3.31. The Kier molecular flexibility index (Phi) is 3.12. The highest BCUT2D eigenvalue weighted by atomic mass is 16.5. The lowest BCUT2D eigenvalue weighted by Crippen LogP contribution is -2.24. The molecule has 2 aromatic rings. The lowest BCUT2D eigenvalue weighted by Gasteiger charge is -2.24. The first-order valence-electron chi connectivity index (χ1n) is 6.66. The van der Waals surface area contributed by atoms with Gasteiger partial charge in [0.2, 0.25) is 5.75 Å². The van der Waals surface area contributed by atoms with E-state index >= 15 is 0 Å². The molecule has 3 rings (SSSR count). The molecule has 1 aliphatic heterocycles. The minimum atomic E-state index is -0.0620. The maximum Gasteiger partial charge on any atom is 0.262 e. The van der Waals surface area contributed by atoms with Gasteiger partial charge in [-0.05, 0) is 25.1 Å². The number of rotatable bonds is 3. The third-order valence-corrected chi connectivity index (χ3v) is 3.88. The summed E-state index contributed by atoms with van der Waals surface area (Å²) in [5.74, 6) is 1.51. The van der Waals surface area contributed by atoms with Gasteiger partial charge in [0.1, 0.15) is 0 Å². The third-order valence-electron chi connectivity index (χ3n) is 3.88. The molecule has 0 saturated carbocycles.